The number of anilines is 1. The fraction of sp³-hybridized carbons (Fsp3) is 0.167. The first kappa shape index (κ1) is 12.4. The molecule has 0 aliphatic carbocycles. The number of aryl methyl sites for hydroxylation is 1. The number of nitrogen functional groups attached to an aromatic ring is 1. The van der Waals surface area contributed by atoms with Gasteiger partial charge < -0.3 is 16.2 Å². The SMILES string of the molecule is Cc1nc(COc2ccc(N)cc2C(N)=O)cs1. The molecule has 1 heterocycles. The summed E-state index contributed by atoms with van der Waals surface area (Å²) >= 11 is 1.55. The Morgan fingerprint density at radius 2 is 2.28 bits per heavy atom. The lowest BCUT2D eigenvalue weighted by atomic mass is 10.1. The van der Waals surface area contributed by atoms with Crippen molar-refractivity contribution in [3.05, 3.63) is 39.8 Å². The summed E-state index contributed by atoms with van der Waals surface area (Å²) in [4.78, 5) is 15.5. The van der Waals surface area contributed by atoms with E-state index in [-0.39, 0.29) is 5.56 Å². The second-order valence-electron chi connectivity index (χ2n) is 3.77. The molecular formula is C12H13N3O2S. The third kappa shape index (κ3) is 2.78. The van der Waals surface area contributed by atoms with Crippen LogP contribution in [-0.4, -0.2) is 10.9 Å². The van der Waals surface area contributed by atoms with Crippen LogP contribution in [0.3, 0.4) is 0 Å². The van der Waals surface area contributed by atoms with E-state index in [1.807, 2.05) is 12.3 Å². The average Bonchev–Trinajstić information content (AvgIpc) is 2.73. The van der Waals surface area contributed by atoms with Gasteiger partial charge in [-0.15, -0.1) is 11.3 Å². The first-order valence-corrected chi connectivity index (χ1v) is 6.17. The molecule has 1 aromatic carbocycles. The number of amides is 1. The minimum absolute atomic E-state index is 0.280. The normalized spacial score (nSPS) is 10.3. The molecule has 4 N–H and O–H groups in total. The predicted octanol–water partition coefficient (Wildman–Crippen LogP) is 1.71. The van der Waals surface area contributed by atoms with E-state index in [1.165, 1.54) is 6.07 Å². The molecule has 0 unspecified atom stereocenters. The van der Waals surface area contributed by atoms with Crippen molar-refractivity contribution in [2.45, 2.75) is 13.5 Å². The quantitative estimate of drug-likeness (QED) is 0.821. The third-order valence-electron chi connectivity index (χ3n) is 2.31. The van der Waals surface area contributed by atoms with Crippen LogP contribution < -0.4 is 16.2 Å². The maximum Gasteiger partial charge on any atom is 0.252 e. The maximum absolute atomic E-state index is 11.3. The van der Waals surface area contributed by atoms with Crippen molar-refractivity contribution in [3.8, 4) is 5.75 Å². The summed E-state index contributed by atoms with van der Waals surface area (Å²) in [6.07, 6.45) is 0. The van der Waals surface area contributed by atoms with Gasteiger partial charge in [-0.25, -0.2) is 4.98 Å². The summed E-state index contributed by atoms with van der Waals surface area (Å²) in [6.45, 7) is 2.22. The van der Waals surface area contributed by atoms with Crippen molar-refractivity contribution in [2.75, 3.05) is 5.73 Å². The molecule has 2 aromatic rings. The largest absolute Gasteiger partial charge is 0.486 e. The number of hydrogen-bond donors (Lipinski definition) is 2. The monoisotopic (exact) mass is 263 g/mol. The van der Waals surface area contributed by atoms with Crippen LogP contribution in [0.25, 0.3) is 0 Å². The smallest absolute Gasteiger partial charge is 0.252 e. The molecule has 0 aliphatic rings. The van der Waals surface area contributed by atoms with Gasteiger partial charge in [0, 0.05) is 11.1 Å². The van der Waals surface area contributed by atoms with E-state index in [2.05, 4.69) is 4.98 Å². The fourth-order valence-electron chi connectivity index (χ4n) is 1.49. The van der Waals surface area contributed by atoms with Gasteiger partial charge in [0.25, 0.3) is 5.91 Å². The number of rotatable bonds is 4. The number of benzene rings is 1. The zero-order valence-corrected chi connectivity index (χ0v) is 10.7. The lowest BCUT2D eigenvalue weighted by Gasteiger charge is -2.09. The van der Waals surface area contributed by atoms with Crippen molar-refractivity contribution < 1.29 is 9.53 Å². The fourth-order valence-corrected chi connectivity index (χ4v) is 2.09. The number of primary amides is 1. The van der Waals surface area contributed by atoms with Crippen LogP contribution in [-0.2, 0) is 6.61 Å². The summed E-state index contributed by atoms with van der Waals surface area (Å²) in [5, 5.41) is 2.89. The molecule has 18 heavy (non-hydrogen) atoms. The van der Waals surface area contributed by atoms with E-state index < -0.39 is 5.91 Å². The van der Waals surface area contributed by atoms with E-state index in [1.54, 1.807) is 23.5 Å². The first-order chi connectivity index (χ1) is 8.56. The standard InChI is InChI=1S/C12H13N3O2S/c1-7-15-9(6-18-7)5-17-11-3-2-8(13)4-10(11)12(14)16/h2-4,6H,5,13H2,1H3,(H2,14,16). The van der Waals surface area contributed by atoms with E-state index in [0.29, 0.717) is 18.0 Å². The van der Waals surface area contributed by atoms with Gasteiger partial charge >= 0.3 is 0 Å². The van der Waals surface area contributed by atoms with Gasteiger partial charge in [-0.05, 0) is 25.1 Å². The molecule has 2 rings (SSSR count). The molecule has 5 nitrogen and oxygen atoms in total. The zero-order valence-electron chi connectivity index (χ0n) is 9.84. The van der Waals surface area contributed by atoms with E-state index in [4.69, 9.17) is 16.2 Å². The van der Waals surface area contributed by atoms with Gasteiger partial charge in [0.1, 0.15) is 12.4 Å². The molecule has 1 aromatic heterocycles. The Kier molecular flexibility index (Phi) is 3.47. The van der Waals surface area contributed by atoms with Gasteiger partial charge in [0.2, 0.25) is 0 Å². The van der Waals surface area contributed by atoms with Gasteiger partial charge in [-0.2, -0.15) is 0 Å². The summed E-state index contributed by atoms with van der Waals surface area (Å²) < 4.78 is 5.54. The molecular weight excluding hydrogens is 250 g/mol. The Hall–Kier alpha value is -2.08. The Morgan fingerprint density at radius 3 is 2.89 bits per heavy atom. The van der Waals surface area contributed by atoms with Crippen LogP contribution in [0.15, 0.2) is 23.6 Å². The van der Waals surface area contributed by atoms with Gasteiger partial charge in [0.05, 0.1) is 16.3 Å². The number of nitrogens with two attached hydrogens (primary N) is 2. The molecule has 0 saturated carbocycles. The molecule has 0 aliphatic heterocycles. The van der Waals surface area contributed by atoms with Crippen LogP contribution in [0.2, 0.25) is 0 Å². The second-order valence-corrected chi connectivity index (χ2v) is 4.83. The molecule has 1 amide bonds. The second kappa shape index (κ2) is 5.05. The van der Waals surface area contributed by atoms with E-state index in [9.17, 15) is 4.79 Å². The average molecular weight is 263 g/mol. The van der Waals surface area contributed by atoms with Crippen LogP contribution in [0, 0.1) is 6.92 Å². The molecule has 0 fully saturated rings. The number of carbonyl (C=O) groups is 1. The third-order valence-corrected chi connectivity index (χ3v) is 3.13. The van der Waals surface area contributed by atoms with Crippen molar-refractivity contribution >= 4 is 22.9 Å². The van der Waals surface area contributed by atoms with Gasteiger partial charge in [-0.3, -0.25) is 4.79 Å². The highest BCUT2D eigenvalue weighted by molar-refractivity contribution is 7.09. The minimum Gasteiger partial charge on any atom is -0.486 e. The van der Waals surface area contributed by atoms with E-state index in [0.717, 1.165) is 10.7 Å². The molecule has 0 radical (unpaired) electrons. The van der Waals surface area contributed by atoms with Crippen LogP contribution in [0.4, 0.5) is 5.69 Å². The maximum atomic E-state index is 11.3. The van der Waals surface area contributed by atoms with Crippen LogP contribution in [0.1, 0.15) is 21.1 Å². The lowest BCUT2D eigenvalue weighted by molar-refractivity contribution is 0.0996. The van der Waals surface area contributed by atoms with Crippen LogP contribution >= 0.6 is 11.3 Å². The Bertz CT molecular complexity index is 580. The molecule has 0 spiro atoms. The number of thiazole rings is 1. The predicted molar refractivity (Wildman–Crippen MR) is 70.6 cm³/mol. The van der Waals surface area contributed by atoms with Crippen LogP contribution in [0.5, 0.6) is 5.75 Å². The number of hydrogen-bond acceptors (Lipinski definition) is 5. The molecule has 94 valence electrons. The highest BCUT2D eigenvalue weighted by Crippen LogP contribution is 2.22. The van der Waals surface area contributed by atoms with Gasteiger partial charge in [-0.1, -0.05) is 0 Å². The van der Waals surface area contributed by atoms with Crippen molar-refractivity contribution in [3.63, 3.8) is 0 Å². The summed E-state index contributed by atoms with van der Waals surface area (Å²) in [7, 11) is 0. The zero-order chi connectivity index (χ0) is 13.1. The minimum atomic E-state index is -0.563. The topological polar surface area (TPSA) is 91.2 Å². The number of carbonyl (C=O) groups excluding carboxylic acids is 1. The number of aromatic nitrogens is 1. The number of ether oxygens (including phenoxy) is 1. The van der Waals surface area contributed by atoms with Crippen molar-refractivity contribution in [1.82, 2.24) is 4.98 Å². The molecule has 0 atom stereocenters. The number of nitrogens with zero attached hydrogens (tertiary/aromatic N) is 1. The van der Waals surface area contributed by atoms with Crippen molar-refractivity contribution in [1.29, 1.82) is 0 Å². The van der Waals surface area contributed by atoms with Gasteiger partial charge in [0.15, 0.2) is 0 Å². The Labute approximate surface area is 108 Å². The molecule has 0 bridgehead atoms. The summed E-state index contributed by atoms with van der Waals surface area (Å²) in [6, 6.07) is 4.80. The van der Waals surface area contributed by atoms with E-state index >= 15 is 0 Å². The Morgan fingerprint density at radius 1 is 1.50 bits per heavy atom. The highest BCUT2D eigenvalue weighted by atomic mass is 32.1. The molecule has 6 heteroatoms. The Balaban J connectivity index is 2.16. The highest BCUT2D eigenvalue weighted by Gasteiger charge is 2.10. The summed E-state index contributed by atoms with van der Waals surface area (Å²) in [5.41, 5.74) is 12.4. The molecule has 0 saturated heterocycles. The lowest BCUT2D eigenvalue weighted by Crippen LogP contribution is -2.13. The summed E-state index contributed by atoms with van der Waals surface area (Å²) in [5.74, 6) is -0.144. The van der Waals surface area contributed by atoms with Crippen molar-refractivity contribution in [2.24, 2.45) is 5.73 Å². The first-order valence-electron chi connectivity index (χ1n) is 5.29.